The molecule has 1 saturated heterocycles. The number of amides is 1. The molecular weight excluding hydrogens is 232 g/mol. The van der Waals surface area contributed by atoms with Crippen molar-refractivity contribution in [2.45, 2.75) is 25.7 Å². The van der Waals surface area contributed by atoms with Crippen LogP contribution in [-0.4, -0.2) is 56.7 Å². The molecule has 1 rings (SSSR count). The minimum atomic E-state index is -0.121. The van der Waals surface area contributed by atoms with E-state index in [1.165, 1.54) is 12.8 Å². The molecule has 1 heterocycles. The van der Waals surface area contributed by atoms with Crippen LogP contribution in [0.2, 0.25) is 0 Å². The van der Waals surface area contributed by atoms with Gasteiger partial charge in [0, 0.05) is 26.7 Å². The number of hydrogen-bond acceptors (Lipinski definition) is 3. The van der Waals surface area contributed by atoms with Crippen molar-refractivity contribution >= 4 is 11.9 Å². The fourth-order valence-electron chi connectivity index (χ4n) is 1.90. The van der Waals surface area contributed by atoms with Gasteiger partial charge in [-0.25, -0.2) is 4.99 Å². The fraction of sp³-hybridized carbons (Fsp3) is 0.833. The van der Waals surface area contributed by atoms with Crippen LogP contribution in [0.25, 0.3) is 0 Å². The number of likely N-dealkylation sites (tertiary alicyclic amines) is 1. The molecule has 0 atom stereocenters. The molecule has 0 bridgehead atoms. The number of nitrogens with one attached hydrogen (secondary N) is 1. The molecular formula is C12H24N4O2. The Morgan fingerprint density at radius 1 is 1.33 bits per heavy atom. The van der Waals surface area contributed by atoms with Gasteiger partial charge < -0.3 is 20.7 Å². The van der Waals surface area contributed by atoms with Gasteiger partial charge in [0.15, 0.2) is 5.96 Å². The van der Waals surface area contributed by atoms with E-state index < -0.39 is 0 Å². The second kappa shape index (κ2) is 8.74. The zero-order chi connectivity index (χ0) is 13.2. The largest absolute Gasteiger partial charge is 0.383 e. The summed E-state index contributed by atoms with van der Waals surface area (Å²) in [4.78, 5) is 17.6. The monoisotopic (exact) mass is 256 g/mol. The van der Waals surface area contributed by atoms with Gasteiger partial charge in [-0.1, -0.05) is 12.8 Å². The number of rotatable bonds is 5. The smallest absolute Gasteiger partial charge is 0.241 e. The van der Waals surface area contributed by atoms with Crippen molar-refractivity contribution < 1.29 is 9.53 Å². The van der Waals surface area contributed by atoms with Crippen molar-refractivity contribution in [2.75, 3.05) is 39.9 Å². The van der Waals surface area contributed by atoms with Gasteiger partial charge in [-0.15, -0.1) is 0 Å². The Morgan fingerprint density at radius 3 is 2.61 bits per heavy atom. The van der Waals surface area contributed by atoms with Crippen LogP contribution in [0.3, 0.4) is 0 Å². The van der Waals surface area contributed by atoms with E-state index in [0.29, 0.717) is 19.1 Å². The molecule has 1 aliphatic heterocycles. The summed E-state index contributed by atoms with van der Waals surface area (Å²) in [5.41, 5.74) is 5.89. The minimum Gasteiger partial charge on any atom is -0.383 e. The third-order valence-electron chi connectivity index (χ3n) is 2.94. The topological polar surface area (TPSA) is 79.9 Å². The summed E-state index contributed by atoms with van der Waals surface area (Å²) in [5, 5.41) is 2.71. The number of nitrogens with two attached hydrogens (primary N) is 1. The van der Waals surface area contributed by atoms with Crippen molar-refractivity contribution in [3.05, 3.63) is 0 Å². The lowest BCUT2D eigenvalue weighted by Crippen LogP contribution is -2.39. The molecule has 0 aromatic heterocycles. The Hall–Kier alpha value is -1.30. The average molecular weight is 256 g/mol. The first-order chi connectivity index (χ1) is 8.74. The number of ether oxygens (including phenoxy) is 1. The summed E-state index contributed by atoms with van der Waals surface area (Å²) in [5.74, 6) is 0.364. The maximum Gasteiger partial charge on any atom is 0.241 e. The third-order valence-corrected chi connectivity index (χ3v) is 2.94. The number of carbonyl (C=O) groups excluding carboxylic acids is 1. The average Bonchev–Trinajstić information content (AvgIpc) is 2.65. The SMILES string of the molecule is COCCNC(=O)CN=C(N)N1CCCCCC1. The van der Waals surface area contributed by atoms with Crippen LogP contribution in [0.5, 0.6) is 0 Å². The van der Waals surface area contributed by atoms with Crippen LogP contribution >= 0.6 is 0 Å². The quantitative estimate of drug-likeness (QED) is 0.410. The number of aliphatic imine (C=N–C) groups is 1. The van der Waals surface area contributed by atoms with Crippen molar-refractivity contribution in [1.29, 1.82) is 0 Å². The molecule has 0 radical (unpaired) electrons. The lowest BCUT2D eigenvalue weighted by molar-refractivity contribution is -0.119. The maximum atomic E-state index is 11.4. The Bertz CT molecular complexity index is 273. The van der Waals surface area contributed by atoms with E-state index in [0.717, 1.165) is 25.9 Å². The van der Waals surface area contributed by atoms with Gasteiger partial charge in [-0.3, -0.25) is 4.79 Å². The van der Waals surface area contributed by atoms with Crippen LogP contribution in [0.4, 0.5) is 0 Å². The Labute approximate surface area is 109 Å². The van der Waals surface area contributed by atoms with Crippen LogP contribution < -0.4 is 11.1 Å². The van der Waals surface area contributed by atoms with Crippen molar-refractivity contribution in [2.24, 2.45) is 10.7 Å². The van der Waals surface area contributed by atoms with Crippen LogP contribution in [0, 0.1) is 0 Å². The summed E-state index contributed by atoms with van der Waals surface area (Å²) in [7, 11) is 1.60. The molecule has 6 heteroatoms. The number of hydrogen-bond donors (Lipinski definition) is 2. The van der Waals surface area contributed by atoms with Gasteiger partial charge in [0.25, 0.3) is 0 Å². The molecule has 104 valence electrons. The van der Waals surface area contributed by atoms with Crippen LogP contribution in [0.15, 0.2) is 4.99 Å². The molecule has 0 spiro atoms. The predicted molar refractivity (Wildman–Crippen MR) is 71.4 cm³/mol. The molecule has 0 aromatic carbocycles. The van der Waals surface area contributed by atoms with Crippen molar-refractivity contribution in [1.82, 2.24) is 10.2 Å². The van der Waals surface area contributed by atoms with Gasteiger partial charge in [-0.05, 0) is 12.8 Å². The second-order valence-corrected chi connectivity index (χ2v) is 4.42. The van der Waals surface area contributed by atoms with E-state index in [9.17, 15) is 4.79 Å². The minimum absolute atomic E-state index is 0.0893. The van der Waals surface area contributed by atoms with E-state index in [2.05, 4.69) is 15.2 Å². The van der Waals surface area contributed by atoms with Crippen molar-refractivity contribution in [3.63, 3.8) is 0 Å². The van der Waals surface area contributed by atoms with Gasteiger partial charge in [0.1, 0.15) is 6.54 Å². The Balaban J connectivity index is 2.28. The van der Waals surface area contributed by atoms with Crippen LogP contribution in [0.1, 0.15) is 25.7 Å². The Kier molecular flexibility index (Phi) is 7.17. The highest BCUT2D eigenvalue weighted by Crippen LogP contribution is 2.08. The lowest BCUT2D eigenvalue weighted by atomic mass is 10.2. The fourth-order valence-corrected chi connectivity index (χ4v) is 1.90. The molecule has 3 N–H and O–H groups in total. The molecule has 0 saturated carbocycles. The van der Waals surface area contributed by atoms with E-state index in [1.54, 1.807) is 7.11 Å². The summed E-state index contributed by atoms with van der Waals surface area (Å²) in [6.45, 7) is 3.00. The van der Waals surface area contributed by atoms with E-state index in [4.69, 9.17) is 10.5 Å². The summed E-state index contributed by atoms with van der Waals surface area (Å²) in [6, 6.07) is 0. The molecule has 1 fully saturated rings. The van der Waals surface area contributed by atoms with E-state index >= 15 is 0 Å². The summed E-state index contributed by atoms with van der Waals surface area (Å²) in [6.07, 6.45) is 4.80. The molecule has 0 aliphatic carbocycles. The first kappa shape index (κ1) is 14.8. The number of carbonyl (C=O) groups is 1. The Morgan fingerprint density at radius 2 is 2.00 bits per heavy atom. The highest BCUT2D eigenvalue weighted by molar-refractivity contribution is 5.84. The highest BCUT2D eigenvalue weighted by Gasteiger charge is 2.11. The molecule has 0 aromatic rings. The number of guanidine groups is 1. The highest BCUT2D eigenvalue weighted by atomic mass is 16.5. The van der Waals surface area contributed by atoms with Crippen LogP contribution in [-0.2, 0) is 9.53 Å². The van der Waals surface area contributed by atoms with E-state index in [1.807, 2.05) is 0 Å². The molecule has 1 amide bonds. The molecule has 18 heavy (non-hydrogen) atoms. The van der Waals surface area contributed by atoms with Gasteiger partial charge in [0.05, 0.1) is 6.61 Å². The number of nitrogens with zero attached hydrogens (tertiary/aromatic N) is 2. The van der Waals surface area contributed by atoms with Gasteiger partial charge in [-0.2, -0.15) is 0 Å². The first-order valence-electron chi connectivity index (χ1n) is 6.54. The maximum absolute atomic E-state index is 11.4. The summed E-state index contributed by atoms with van der Waals surface area (Å²) < 4.78 is 4.84. The molecule has 1 aliphatic rings. The van der Waals surface area contributed by atoms with E-state index in [-0.39, 0.29) is 12.5 Å². The van der Waals surface area contributed by atoms with Gasteiger partial charge in [0.2, 0.25) is 5.91 Å². The lowest BCUT2D eigenvalue weighted by Gasteiger charge is -2.20. The zero-order valence-electron chi connectivity index (χ0n) is 11.2. The number of methoxy groups -OCH3 is 1. The molecule has 6 nitrogen and oxygen atoms in total. The van der Waals surface area contributed by atoms with Gasteiger partial charge >= 0.3 is 0 Å². The second-order valence-electron chi connectivity index (χ2n) is 4.42. The molecule has 0 unspecified atom stereocenters. The third kappa shape index (κ3) is 5.86. The zero-order valence-corrected chi connectivity index (χ0v) is 11.2. The van der Waals surface area contributed by atoms with Crippen molar-refractivity contribution in [3.8, 4) is 0 Å². The first-order valence-corrected chi connectivity index (χ1v) is 6.54. The predicted octanol–water partition coefficient (Wildman–Crippen LogP) is -0.0603. The summed E-state index contributed by atoms with van der Waals surface area (Å²) >= 11 is 0. The standard InChI is InChI=1S/C12H24N4O2/c1-18-9-6-14-11(17)10-15-12(13)16-7-4-2-3-5-8-16/h2-10H2,1H3,(H2,13,15)(H,14,17). The normalized spacial score (nSPS) is 17.4.